The highest BCUT2D eigenvalue weighted by atomic mass is 19.4. The van der Waals surface area contributed by atoms with Crippen molar-refractivity contribution in [2.75, 3.05) is 62.4 Å². The van der Waals surface area contributed by atoms with Crippen LogP contribution in [-0.4, -0.2) is 127 Å². The summed E-state index contributed by atoms with van der Waals surface area (Å²) < 4.78 is 45.9. The van der Waals surface area contributed by atoms with E-state index in [1.807, 2.05) is 13.8 Å². The van der Waals surface area contributed by atoms with Crippen molar-refractivity contribution in [3.63, 3.8) is 0 Å². The average Bonchev–Trinajstić information content (AvgIpc) is 3.97. The van der Waals surface area contributed by atoms with Gasteiger partial charge in [-0.1, -0.05) is 13.8 Å². The quantitative estimate of drug-likeness (QED) is 0.162. The van der Waals surface area contributed by atoms with Gasteiger partial charge in [0.1, 0.15) is 5.67 Å². The van der Waals surface area contributed by atoms with Crippen molar-refractivity contribution in [3.05, 3.63) is 0 Å². The molecule has 322 valence electrons. The lowest BCUT2D eigenvalue weighted by molar-refractivity contribution is -0.173. The Kier molecular flexibility index (Phi) is 30.3. The smallest absolute Gasteiger partial charge is 0.393 e. The second kappa shape index (κ2) is 30.2. The molecule has 1 heterocycles. The Morgan fingerprint density at radius 1 is 0.636 bits per heavy atom. The molecule has 0 aromatic carbocycles. The maximum atomic E-state index is 12.8. The summed E-state index contributed by atoms with van der Waals surface area (Å²) in [4.78, 5) is 72.6. The van der Waals surface area contributed by atoms with Crippen LogP contribution in [0.15, 0.2) is 0 Å². The van der Waals surface area contributed by atoms with E-state index in [9.17, 15) is 51.1 Å². The summed E-state index contributed by atoms with van der Waals surface area (Å²) in [6.07, 6.45) is 1.42. The highest BCUT2D eigenvalue weighted by molar-refractivity contribution is 5.82. The van der Waals surface area contributed by atoms with E-state index in [1.54, 1.807) is 42.3 Å². The molecule has 3 aliphatic carbocycles. The SMILES string of the molecule is CCC(=O)NC.CCCC(=O)NC.CNC(=O)C(F)(F)F.CNC(=O)C1CC(C)(F)C1.CNC(=O)C1CC(O)C1.CNC(=O)C1CC1.CNC(=O)C1CNC1. The maximum absolute atomic E-state index is 12.8. The molecule has 0 aromatic rings. The second-order valence-electron chi connectivity index (χ2n) is 13.0. The molecule has 16 nitrogen and oxygen atoms in total. The monoisotopic (exact) mass is 802 g/mol. The zero-order valence-electron chi connectivity index (χ0n) is 34.0. The third kappa shape index (κ3) is 28.1. The Balaban J connectivity index is -0.000000577. The Morgan fingerprint density at radius 3 is 1.20 bits per heavy atom. The van der Waals surface area contributed by atoms with Crippen LogP contribution in [0.2, 0.25) is 0 Å². The predicted molar refractivity (Wildman–Crippen MR) is 200 cm³/mol. The fourth-order valence-corrected chi connectivity index (χ4v) is 4.26. The van der Waals surface area contributed by atoms with E-state index in [1.165, 1.54) is 12.2 Å². The number of nitrogens with one attached hydrogen (secondary N) is 8. The highest BCUT2D eigenvalue weighted by Crippen LogP contribution is 2.40. The number of alkyl halides is 4. The van der Waals surface area contributed by atoms with E-state index in [0.29, 0.717) is 44.4 Å². The first-order valence-electron chi connectivity index (χ1n) is 18.2. The molecule has 0 bridgehead atoms. The van der Waals surface area contributed by atoms with E-state index < -0.39 is 17.8 Å². The fourth-order valence-electron chi connectivity index (χ4n) is 4.26. The van der Waals surface area contributed by atoms with Crippen LogP contribution < -0.4 is 42.5 Å². The number of hydrogen-bond acceptors (Lipinski definition) is 9. The minimum atomic E-state index is -4.74. The summed E-state index contributed by atoms with van der Waals surface area (Å²) in [6.45, 7) is 7.03. The molecule has 9 N–H and O–H groups in total. The van der Waals surface area contributed by atoms with Gasteiger partial charge in [0.05, 0.1) is 12.0 Å². The average molecular weight is 803 g/mol. The van der Waals surface area contributed by atoms with Gasteiger partial charge in [0, 0.05) is 93.0 Å². The standard InChI is InChI=1S/C7H12FNO.C6H11NO2.C5H10N2O.C5H9NO.C5H11NO.C4H9NO.C3H4F3NO/c1-7(8)3-5(4-7)6(10)9-2;1-7-6(9)4-2-5(8)3-4;1-6-5(8)4-2-7-3-4;1-6-5(7)4-2-3-4;1-3-4-5(7)6-2;1-3-4(6)5-2;1-7-2(8)3(4,5)6/h5H,3-4H2,1-2H3,(H,9,10);4-5,8H,2-3H2,1H3,(H,7,9);4,7H,2-3H2,1H3,(H,6,8);4H,2-3H2,1H3,(H,6,7);3-4H2,1-2H3,(H,6,7);3H2,1-2H3,(H,5,6);1H3,(H,7,8). The van der Waals surface area contributed by atoms with Crippen molar-refractivity contribution in [1.82, 2.24) is 42.5 Å². The fraction of sp³-hybridized carbons (Fsp3) is 0.800. The van der Waals surface area contributed by atoms with Crippen LogP contribution >= 0.6 is 0 Å². The summed E-state index contributed by atoms with van der Waals surface area (Å²) in [7, 11) is 10.8. The number of carbonyl (C=O) groups is 7. The minimum Gasteiger partial charge on any atom is -0.393 e. The van der Waals surface area contributed by atoms with Crippen molar-refractivity contribution < 1.29 is 56.2 Å². The number of aliphatic hydroxyl groups is 1. The molecule has 0 aromatic heterocycles. The molecule has 7 amide bonds. The third-order valence-corrected chi connectivity index (χ3v) is 8.13. The van der Waals surface area contributed by atoms with Gasteiger partial charge < -0.3 is 47.6 Å². The first-order valence-corrected chi connectivity index (χ1v) is 18.2. The van der Waals surface area contributed by atoms with Crippen LogP contribution in [0.1, 0.15) is 78.6 Å². The molecule has 55 heavy (non-hydrogen) atoms. The Morgan fingerprint density at radius 2 is 1.04 bits per heavy atom. The molecule has 4 fully saturated rings. The van der Waals surface area contributed by atoms with Crippen molar-refractivity contribution in [2.24, 2.45) is 23.7 Å². The number of hydrogen-bond donors (Lipinski definition) is 9. The molecule has 20 heteroatoms. The lowest BCUT2D eigenvalue weighted by Crippen LogP contribution is -2.49. The molecule has 4 aliphatic rings. The molecule has 4 rings (SSSR count). The summed E-state index contributed by atoms with van der Waals surface area (Å²) in [6, 6.07) is 0. The number of halogens is 4. The summed E-state index contributed by atoms with van der Waals surface area (Å²) in [5.41, 5.74) is -1.09. The first-order chi connectivity index (χ1) is 25.6. The van der Waals surface area contributed by atoms with E-state index in [4.69, 9.17) is 5.11 Å². The number of carbonyl (C=O) groups excluding carboxylic acids is 7. The molecular weight excluding hydrogens is 736 g/mol. The number of aliphatic hydroxyl groups excluding tert-OH is 1. The summed E-state index contributed by atoms with van der Waals surface area (Å²) in [5.74, 6) is -0.718. The molecule has 1 saturated heterocycles. The molecule has 0 spiro atoms. The van der Waals surface area contributed by atoms with Gasteiger partial charge >= 0.3 is 12.1 Å². The van der Waals surface area contributed by atoms with Gasteiger partial charge in [-0.15, -0.1) is 0 Å². The molecule has 0 atom stereocenters. The lowest BCUT2D eigenvalue weighted by Gasteiger charge is -2.37. The maximum Gasteiger partial charge on any atom is 0.471 e. The van der Waals surface area contributed by atoms with Crippen LogP contribution in [0.25, 0.3) is 0 Å². The Labute approximate surface area is 322 Å². The van der Waals surface area contributed by atoms with E-state index in [2.05, 4.69) is 37.2 Å². The lowest BCUT2D eigenvalue weighted by atomic mass is 9.73. The first kappa shape index (κ1) is 55.3. The second-order valence-corrected chi connectivity index (χ2v) is 13.0. The van der Waals surface area contributed by atoms with E-state index in [-0.39, 0.29) is 59.3 Å². The van der Waals surface area contributed by atoms with Crippen LogP contribution in [0.3, 0.4) is 0 Å². The Hall–Kier alpha value is -4.07. The normalized spacial score (nSPS) is 21.2. The molecule has 0 unspecified atom stereocenters. The van der Waals surface area contributed by atoms with Crippen LogP contribution in [-0.2, 0) is 33.6 Å². The van der Waals surface area contributed by atoms with Crippen molar-refractivity contribution in [3.8, 4) is 0 Å². The minimum absolute atomic E-state index is 0.0323. The highest BCUT2D eigenvalue weighted by Gasteiger charge is 2.44. The summed E-state index contributed by atoms with van der Waals surface area (Å²) in [5, 5.41) is 28.5. The van der Waals surface area contributed by atoms with Gasteiger partial charge in [-0.05, 0) is 51.9 Å². The van der Waals surface area contributed by atoms with Gasteiger partial charge in [0.2, 0.25) is 35.4 Å². The van der Waals surface area contributed by atoms with Gasteiger partial charge in [-0.2, -0.15) is 13.2 Å². The molecule has 0 radical (unpaired) electrons. The van der Waals surface area contributed by atoms with Gasteiger partial charge in [-0.3, -0.25) is 33.6 Å². The number of rotatable bonds is 7. The van der Waals surface area contributed by atoms with Crippen molar-refractivity contribution in [1.29, 1.82) is 0 Å². The third-order valence-electron chi connectivity index (χ3n) is 8.13. The topological polar surface area (TPSA) is 236 Å². The molecule has 3 saturated carbocycles. The predicted octanol–water partition coefficient (Wildman–Crippen LogP) is 0.438. The van der Waals surface area contributed by atoms with Crippen molar-refractivity contribution in [2.45, 2.75) is 96.5 Å². The zero-order valence-corrected chi connectivity index (χ0v) is 34.0. The summed E-state index contributed by atoms with van der Waals surface area (Å²) >= 11 is 0. The van der Waals surface area contributed by atoms with Crippen LogP contribution in [0.4, 0.5) is 17.6 Å². The molecule has 1 aliphatic heterocycles. The largest absolute Gasteiger partial charge is 0.471 e. The number of amides is 7. The van der Waals surface area contributed by atoms with Gasteiger partial charge in [0.25, 0.3) is 0 Å². The van der Waals surface area contributed by atoms with Gasteiger partial charge in [-0.25, -0.2) is 4.39 Å². The zero-order chi connectivity index (χ0) is 43.4. The van der Waals surface area contributed by atoms with E-state index >= 15 is 0 Å². The van der Waals surface area contributed by atoms with Crippen molar-refractivity contribution >= 4 is 41.4 Å². The van der Waals surface area contributed by atoms with Crippen LogP contribution in [0.5, 0.6) is 0 Å². The van der Waals surface area contributed by atoms with Crippen LogP contribution in [0, 0.1) is 23.7 Å². The van der Waals surface area contributed by atoms with E-state index in [0.717, 1.165) is 39.4 Å². The Bertz CT molecular complexity index is 1150. The molecular formula is C35H66F4N8O8. The van der Waals surface area contributed by atoms with Gasteiger partial charge in [0.15, 0.2) is 0 Å².